The summed E-state index contributed by atoms with van der Waals surface area (Å²) in [6.07, 6.45) is 1.47. The summed E-state index contributed by atoms with van der Waals surface area (Å²) in [5.41, 5.74) is 6.06. The highest BCUT2D eigenvalue weighted by atomic mass is 127. The predicted molar refractivity (Wildman–Crippen MR) is 171 cm³/mol. The van der Waals surface area contributed by atoms with Crippen LogP contribution in [0.3, 0.4) is 0 Å². The van der Waals surface area contributed by atoms with E-state index in [-0.39, 0.29) is 16.3 Å². The van der Waals surface area contributed by atoms with Crippen molar-refractivity contribution in [2.45, 2.75) is 6.92 Å². The quantitative estimate of drug-likeness (QED) is 0.0563. The van der Waals surface area contributed by atoms with Gasteiger partial charge in [0.15, 0.2) is 11.5 Å². The van der Waals surface area contributed by atoms with Crippen LogP contribution in [0.25, 0.3) is 22.0 Å². The normalized spacial score (nSPS) is 11.1. The average molecular weight is 698 g/mol. The van der Waals surface area contributed by atoms with Crippen LogP contribution in [-0.4, -0.2) is 29.7 Å². The number of rotatable bonds is 8. The van der Waals surface area contributed by atoms with Gasteiger partial charge in [-0.2, -0.15) is 5.10 Å². The van der Waals surface area contributed by atoms with Gasteiger partial charge in [-0.05, 0) is 77.5 Å². The van der Waals surface area contributed by atoms with E-state index in [4.69, 9.17) is 32.7 Å². The van der Waals surface area contributed by atoms with E-state index in [1.54, 1.807) is 48.5 Å². The summed E-state index contributed by atoms with van der Waals surface area (Å²) >= 11 is 14.9. The molecule has 0 aliphatic rings. The van der Waals surface area contributed by atoms with E-state index in [0.717, 1.165) is 20.0 Å². The van der Waals surface area contributed by atoms with Crippen LogP contribution < -0.4 is 14.9 Å². The molecule has 41 heavy (non-hydrogen) atoms. The molecule has 0 fully saturated rings. The van der Waals surface area contributed by atoms with Crippen molar-refractivity contribution in [3.05, 3.63) is 115 Å². The zero-order valence-electron chi connectivity index (χ0n) is 21.6. The lowest BCUT2D eigenvalue weighted by atomic mass is 10.0. The summed E-state index contributed by atoms with van der Waals surface area (Å²) in [5, 5.41) is 5.86. The van der Waals surface area contributed by atoms with Crippen LogP contribution in [0.4, 0.5) is 0 Å². The number of esters is 1. The van der Waals surface area contributed by atoms with Crippen molar-refractivity contribution in [3.63, 3.8) is 0 Å². The monoisotopic (exact) mass is 697 g/mol. The van der Waals surface area contributed by atoms with E-state index in [2.05, 4.69) is 38.1 Å². The van der Waals surface area contributed by atoms with E-state index in [1.807, 2.05) is 43.3 Å². The van der Waals surface area contributed by atoms with Crippen molar-refractivity contribution in [3.8, 4) is 22.6 Å². The Labute approximate surface area is 259 Å². The van der Waals surface area contributed by atoms with Gasteiger partial charge in [-0.25, -0.2) is 10.2 Å². The van der Waals surface area contributed by atoms with Crippen LogP contribution in [0.15, 0.2) is 90.0 Å². The minimum absolute atomic E-state index is 0.231. The second-order valence-corrected chi connectivity index (χ2v) is 10.7. The molecule has 1 amide bonds. The summed E-state index contributed by atoms with van der Waals surface area (Å²) < 4.78 is 12.2. The number of carbonyl (C=O) groups excluding carboxylic acids is 2. The molecular formula is C31H22Cl2IN3O4. The van der Waals surface area contributed by atoms with E-state index < -0.39 is 11.9 Å². The number of carbonyl (C=O) groups is 2. The fraction of sp³-hybridized carbons (Fsp3) is 0.0645. The van der Waals surface area contributed by atoms with Gasteiger partial charge in [0.1, 0.15) is 5.69 Å². The van der Waals surface area contributed by atoms with Gasteiger partial charge in [0, 0.05) is 25.1 Å². The maximum Gasteiger partial charge on any atom is 0.345 e. The number of hydrogen-bond donors (Lipinski definition) is 2. The van der Waals surface area contributed by atoms with Crippen LogP contribution in [0.2, 0.25) is 10.0 Å². The lowest BCUT2D eigenvalue weighted by Gasteiger charge is -2.12. The number of hydrazone groups is 1. The first-order valence-electron chi connectivity index (χ1n) is 12.5. The number of benzene rings is 4. The number of nitrogens with one attached hydrogen (secondary N) is 2. The van der Waals surface area contributed by atoms with Gasteiger partial charge in [-0.1, -0.05) is 65.7 Å². The Morgan fingerprint density at radius 3 is 2.46 bits per heavy atom. The third kappa shape index (κ3) is 6.24. The number of amides is 1. The standard InChI is InChI=1S/C31H22Cl2IN3O4/c1-2-40-26-16-18(14-15-25(26)41-31(39)20-9-4-6-12-23(20)33)17-35-37-30(38)29-27(19-8-3-5-11-22(19)32)21-10-7-13-24(34)28(21)36-29/h3-17,36H,2H2,1H3,(H,37,38). The fourth-order valence-corrected chi connectivity index (χ4v) is 5.33. The number of H-pyrrole nitrogens is 1. The predicted octanol–water partition coefficient (Wildman–Crippen LogP) is 8.13. The number of fused-ring (bicyclic) bond motifs is 1. The Morgan fingerprint density at radius 2 is 1.71 bits per heavy atom. The average Bonchev–Trinajstić information content (AvgIpc) is 3.36. The molecule has 0 saturated heterocycles. The van der Waals surface area contributed by atoms with Crippen LogP contribution in [-0.2, 0) is 0 Å². The topological polar surface area (TPSA) is 92.8 Å². The molecular weight excluding hydrogens is 676 g/mol. The molecule has 0 atom stereocenters. The summed E-state index contributed by atoms with van der Waals surface area (Å²) in [6.45, 7) is 2.16. The Bertz CT molecular complexity index is 1800. The van der Waals surface area contributed by atoms with Crippen LogP contribution in [0.1, 0.15) is 33.3 Å². The zero-order valence-corrected chi connectivity index (χ0v) is 25.3. The van der Waals surface area contributed by atoms with Crippen molar-refractivity contribution in [2.24, 2.45) is 5.10 Å². The molecule has 5 rings (SSSR count). The summed E-state index contributed by atoms with van der Waals surface area (Å²) in [5.74, 6) is -0.463. The SMILES string of the molecule is CCOc1cc(C=NNC(=O)c2[nH]c3c(I)cccc3c2-c2ccccc2Cl)ccc1OC(=O)c1ccccc1Cl. The van der Waals surface area contributed by atoms with Crippen LogP contribution in [0, 0.1) is 3.57 Å². The van der Waals surface area contributed by atoms with Gasteiger partial charge in [-0.15, -0.1) is 0 Å². The van der Waals surface area contributed by atoms with Gasteiger partial charge < -0.3 is 14.5 Å². The Kier molecular flexibility index (Phi) is 8.92. The highest BCUT2D eigenvalue weighted by Gasteiger charge is 2.22. The minimum atomic E-state index is -0.604. The Morgan fingerprint density at radius 1 is 0.951 bits per heavy atom. The summed E-state index contributed by atoms with van der Waals surface area (Å²) in [6, 6.07) is 24.8. The second kappa shape index (κ2) is 12.8. The number of halogens is 3. The molecule has 10 heteroatoms. The molecule has 1 aromatic heterocycles. The van der Waals surface area contributed by atoms with E-state index >= 15 is 0 Å². The molecule has 206 valence electrons. The Hall–Kier alpha value is -3.86. The number of ether oxygens (including phenoxy) is 2. The van der Waals surface area contributed by atoms with Gasteiger partial charge in [0.05, 0.1) is 28.9 Å². The molecule has 0 aliphatic heterocycles. The van der Waals surface area contributed by atoms with E-state index in [1.165, 1.54) is 6.21 Å². The van der Waals surface area contributed by atoms with E-state index in [9.17, 15) is 9.59 Å². The molecule has 2 N–H and O–H groups in total. The second-order valence-electron chi connectivity index (χ2n) is 8.72. The molecule has 7 nitrogen and oxygen atoms in total. The largest absolute Gasteiger partial charge is 0.490 e. The zero-order chi connectivity index (χ0) is 28.9. The maximum absolute atomic E-state index is 13.3. The lowest BCUT2D eigenvalue weighted by molar-refractivity contribution is 0.0728. The van der Waals surface area contributed by atoms with Gasteiger partial charge >= 0.3 is 5.97 Å². The molecule has 0 saturated carbocycles. The van der Waals surface area contributed by atoms with Gasteiger partial charge in [0.2, 0.25) is 0 Å². The van der Waals surface area contributed by atoms with E-state index in [0.29, 0.717) is 34.2 Å². The van der Waals surface area contributed by atoms with Crippen molar-refractivity contribution in [2.75, 3.05) is 6.61 Å². The highest BCUT2D eigenvalue weighted by molar-refractivity contribution is 14.1. The van der Waals surface area contributed by atoms with Gasteiger partial charge in [0.25, 0.3) is 5.91 Å². The lowest BCUT2D eigenvalue weighted by Crippen LogP contribution is -2.19. The molecule has 0 radical (unpaired) electrons. The van der Waals surface area contributed by atoms with Crippen molar-refractivity contribution >= 4 is 74.8 Å². The van der Waals surface area contributed by atoms with Gasteiger partial charge in [-0.3, -0.25) is 4.79 Å². The summed E-state index contributed by atoms with van der Waals surface area (Å²) in [4.78, 5) is 29.2. The number of aromatic nitrogens is 1. The summed E-state index contributed by atoms with van der Waals surface area (Å²) in [7, 11) is 0. The fourth-order valence-electron chi connectivity index (χ4n) is 4.26. The van der Waals surface area contributed by atoms with Crippen LogP contribution in [0.5, 0.6) is 11.5 Å². The molecule has 0 unspecified atom stereocenters. The molecule has 4 aromatic carbocycles. The smallest absolute Gasteiger partial charge is 0.345 e. The number of hydrogen-bond acceptors (Lipinski definition) is 5. The molecule has 0 bridgehead atoms. The minimum Gasteiger partial charge on any atom is -0.490 e. The van der Waals surface area contributed by atoms with Crippen molar-refractivity contribution in [1.82, 2.24) is 10.4 Å². The number of aromatic amines is 1. The molecule has 0 spiro atoms. The van der Waals surface area contributed by atoms with Crippen LogP contribution >= 0.6 is 45.8 Å². The third-order valence-electron chi connectivity index (χ3n) is 6.10. The maximum atomic E-state index is 13.3. The van der Waals surface area contributed by atoms with Crippen molar-refractivity contribution < 1.29 is 19.1 Å². The molecule has 0 aliphatic carbocycles. The van der Waals surface area contributed by atoms with Crippen molar-refractivity contribution in [1.29, 1.82) is 0 Å². The molecule has 5 aromatic rings. The third-order valence-corrected chi connectivity index (χ3v) is 7.66. The molecule has 1 heterocycles. The first kappa shape index (κ1) is 28.7. The first-order chi connectivity index (χ1) is 19.9. The number of para-hydroxylation sites is 1. The first-order valence-corrected chi connectivity index (χ1v) is 14.3. The Balaban J connectivity index is 1.39. The number of nitrogens with zero attached hydrogens (tertiary/aromatic N) is 1. The highest BCUT2D eigenvalue weighted by Crippen LogP contribution is 2.38.